The molecule has 3 aromatic heterocycles. The van der Waals surface area contributed by atoms with Crippen LogP contribution in [-0.2, 0) is 11.2 Å². The molecule has 0 saturated carbocycles. The number of carbonyl (C=O) groups excluding carboxylic acids is 1. The molecular weight excluding hydrogens is 312 g/mol. The first-order chi connectivity index (χ1) is 11.0. The van der Waals surface area contributed by atoms with Gasteiger partial charge in [0.25, 0.3) is 0 Å². The third-order valence-corrected chi connectivity index (χ3v) is 5.48. The molecule has 6 nitrogen and oxygen atoms in total. The van der Waals surface area contributed by atoms with Crippen molar-refractivity contribution in [3.63, 3.8) is 0 Å². The molecule has 3 aromatic rings. The number of carbonyl (C=O) groups is 1. The molecule has 0 aromatic carbocycles. The molecule has 4 rings (SSSR count). The molecule has 0 bridgehead atoms. The summed E-state index contributed by atoms with van der Waals surface area (Å²) in [6.45, 7) is 4.13. The number of nitrogens with zero attached hydrogens (tertiary/aromatic N) is 4. The molecule has 1 aliphatic carbocycles. The van der Waals surface area contributed by atoms with Gasteiger partial charge in [0, 0.05) is 4.88 Å². The topological polar surface area (TPSA) is 83.2 Å². The Labute approximate surface area is 136 Å². The molecule has 1 atom stereocenters. The van der Waals surface area contributed by atoms with Crippen LogP contribution in [0.15, 0.2) is 6.08 Å². The van der Waals surface area contributed by atoms with Crippen molar-refractivity contribution in [1.29, 1.82) is 0 Å². The maximum atomic E-state index is 10.6. The average Bonchev–Trinajstić information content (AvgIpc) is 3.06. The molecule has 0 spiro atoms. The molecule has 23 heavy (non-hydrogen) atoms. The van der Waals surface area contributed by atoms with E-state index in [-0.39, 0.29) is 0 Å². The van der Waals surface area contributed by atoms with Gasteiger partial charge in [0.2, 0.25) is 0 Å². The summed E-state index contributed by atoms with van der Waals surface area (Å²) in [6.07, 6.45) is 5.78. The van der Waals surface area contributed by atoms with E-state index < -0.39 is 5.97 Å². The number of rotatable bonds is 2. The van der Waals surface area contributed by atoms with Gasteiger partial charge in [0.05, 0.1) is 11.4 Å². The van der Waals surface area contributed by atoms with E-state index in [9.17, 15) is 9.90 Å². The molecule has 0 N–H and O–H groups in total. The lowest BCUT2D eigenvalue weighted by Crippen LogP contribution is -2.18. The Morgan fingerprint density at radius 3 is 3.04 bits per heavy atom. The van der Waals surface area contributed by atoms with Crippen LogP contribution in [0, 0.1) is 6.92 Å². The lowest BCUT2D eigenvalue weighted by molar-refractivity contribution is -0.297. The smallest absolute Gasteiger partial charge is 0.175 e. The first-order valence-electron chi connectivity index (χ1n) is 7.62. The first-order valence-corrected chi connectivity index (χ1v) is 8.44. The number of hydrogen-bond acceptors (Lipinski definition) is 6. The van der Waals surface area contributed by atoms with Crippen molar-refractivity contribution in [1.82, 2.24) is 19.6 Å². The van der Waals surface area contributed by atoms with Crippen molar-refractivity contribution in [3.05, 3.63) is 28.2 Å². The van der Waals surface area contributed by atoms with Gasteiger partial charge in [0.1, 0.15) is 10.7 Å². The zero-order chi connectivity index (χ0) is 16.1. The fraction of sp³-hybridized carbons (Fsp3) is 0.375. The summed E-state index contributed by atoms with van der Waals surface area (Å²) in [7, 11) is 0. The number of aromatic nitrogens is 4. The largest absolute Gasteiger partial charge is 0.545 e. The van der Waals surface area contributed by atoms with Crippen LogP contribution in [-0.4, -0.2) is 25.6 Å². The van der Waals surface area contributed by atoms with E-state index >= 15 is 0 Å². The molecular formula is C16H15N4O2S-. The highest BCUT2D eigenvalue weighted by atomic mass is 32.1. The van der Waals surface area contributed by atoms with Crippen molar-refractivity contribution >= 4 is 39.2 Å². The summed E-state index contributed by atoms with van der Waals surface area (Å²) in [4.78, 5) is 22.2. The van der Waals surface area contributed by atoms with Crippen LogP contribution in [0.1, 0.15) is 47.8 Å². The van der Waals surface area contributed by atoms with Gasteiger partial charge in [-0.1, -0.05) is 6.92 Å². The molecule has 118 valence electrons. The van der Waals surface area contributed by atoms with Gasteiger partial charge in [0.15, 0.2) is 11.5 Å². The van der Waals surface area contributed by atoms with Gasteiger partial charge in [-0.15, -0.1) is 16.4 Å². The van der Waals surface area contributed by atoms with Gasteiger partial charge >= 0.3 is 0 Å². The second kappa shape index (κ2) is 5.13. The molecule has 0 unspecified atom stereocenters. The van der Waals surface area contributed by atoms with Crippen molar-refractivity contribution in [2.45, 2.75) is 39.0 Å². The summed E-state index contributed by atoms with van der Waals surface area (Å²) in [5.41, 5.74) is 2.10. The number of carboxylic acid groups (broad SMARTS) is 1. The third-order valence-electron chi connectivity index (χ3n) is 4.32. The van der Waals surface area contributed by atoms with E-state index in [0.29, 0.717) is 11.7 Å². The van der Waals surface area contributed by atoms with Crippen LogP contribution in [0.25, 0.3) is 21.9 Å². The number of fused-ring (bicyclic) bond motifs is 5. The van der Waals surface area contributed by atoms with E-state index in [2.05, 4.69) is 22.0 Å². The molecule has 1 aliphatic rings. The van der Waals surface area contributed by atoms with Crippen LogP contribution in [0.4, 0.5) is 0 Å². The third kappa shape index (κ3) is 2.23. The molecule has 0 fully saturated rings. The lowest BCUT2D eigenvalue weighted by Gasteiger charge is -2.18. The molecule has 0 aliphatic heterocycles. The Hall–Kier alpha value is -2.28. The van der Waals surface area contributed by atoms with Crippen LogP contribution < -0.4 is 5.11 Å². The molecule has 0 amide bonds. The molecule has 0 saturated heterocycles. The van der Waals surface area contributed by atoms with Crippen molar-refractivity contribution in [2.75, 3.05) is 0 Å². The van der Waals surface area contributed by atoms with Crippen LogP contribution in [0.3, 0.4) is 0 Å². The number of thiophene rings is 1. The maximum absolute atomic E-state index is 10.6. The number of aryl methyl sites for hydroxylation is 2. The Morgan fingerprint density at radius 1 is 1.43 bits per heavy atom. The zero-order valence-electron chi connectivity index (χ0n) is 12.9. The molecule has 7 heteroatoms. The maximum Gasteiger partial charge on any atom is 0.175 e. The van der Waals surface area contributed by atoms with E-state index in [1.54, 1.807) is 15.9 Å². The molecule has 0 radical (unpaired) electrons. The summed E-state index contributed by atoms with van der Waals surface area (Å²) < 4.78 is 1.70. The van der Waals surface area contributed by atoms with E-state index in [1.807, 2.05) is 6.92 Å². The fourth-order valence-corrected chi connectivity index (χ4v) is 4.69. The quantitative estimate of drug-likeness (QED) is 0.671. The number of hydrogen-bond donors (Lipinski definition) is 0. The Morgan fingerprint density at radius 2 is 2.26 bits per heavy atom. The Kier molecular flexibility index (Phi) is 3.19. The average molecular weight is 327 g/mol. The first kappa shape index (κ1) is 14.3. The summed E-state index contributed by atoms with van der Waals surface area (Å²) in [5.74, 6) is 0.333. The Bertz CT molecular complexity index is 970. The second-order valence-corrected chi connectivity index (χ2v) is 7.01. The van der Waals surface area contributed by atoms with Crippen molar-refractivity contribution < 1.29 is 9.90 Å². The van der Waals surface area contributed by atoms with E-state index in [0.717, 1.165) is 34.2 Å². The normalized spacial score (nSPS) is 18.1. The van der Waals surface area contributed by atoms with Gasteiger partial charge in [-0.25, -0.2) is 9.97 Å². The number of aliphatic carboxylic acids is 1. The highest BCUT2D eigenvalue weighted by molar-refractivity contribution is 7.19. The highest BCUT2D eigenvalue weighted by Crippen LogP contribution is 2.42. The van der Waals surface area contributed by atoms with E-state index in [4.69, 9.17) is 0 Å². The van der Waals surface area contributed by atoms with Crippen molar-refractivity contribution in [2.24, 2.45) is 0 Å². The minimum atomic E-state index is -1.26. The van der Waals surface area contributed by atoms with Crippen LogP contribution in [0.5, 0.6) is 0 Å². The van der Waals surface area contributed by atoms with Gasteiger partial charge in [-0.3, -0.25) is 0 Å². The second-order valence-electron chi connectivity index (χ2n) is 5.93. The lowest BCUT2D eigenvalue weighted by atomic mass is 9.87. The zero-order valence-corrected chi connectivity index (χ0v) is 13.7. The summed E-state index contributed by atoms with van der Waals surface area (Å²) >= 11 is 1.75. The monoisotopic (exact) mass is 327 g/mol. The fourth-order valence-electron chi connectivity index (χ4n) is 3.32. The van der Waals surface area contributed by atoms with Gasteiger partial charge in [-0.05, 0) is 49.8 Å². The number of carboxylic acids is 1. The SMILES string of the molecule is Cc1nc2sc3c(c2c2nc(/C=C/C(=O)[O-])nn12)[C@@H](C)CCC3. The predicted octanol–water partition coefficient (Wildman–Crippen LogP) is 1.85. The summed E-state index contributed by atoms with van der Waals surface area (Å²) in [6, 6.07) is 0. The highest BCUT2D eigenvalue weighted by Gasteiger charge is 2.25. The van der Waals surface area contributed by atoms with Crippen LogP contribution in [0.2, 0.25) is 0 Å². The van der Waals surface area contributed by atoms with Crippen LogP contribution >= 0.6 is 11.3 Å². The Balaban J connectivity index is 2.03. The van der Waals surface area contributed by atoms with E-state index in [1.165, 1.54) is 29.4 Å². The summed E-state index contributed by atoms with van der Waals surface area (Å²) in [5, 5.41) is 16.0. The van der Waals surface area contributed by atoms with Gasteiger partial charge < -0.3 is 9.90 Å². The standard InChI is InChI=1S/C16H16N4O2S/c1-8-4-3-5-10-13(8)14-15-18-11(6-7-12(21)22)19-20(15)9(2)17-16(14)23-10/h6-8H,3-5H2,1-2H3,(H,21,22)/p-1/b7-6+/t8-/m0/s1. The van der Waals surface area contributed by atoms with Crippen molar-refractivity contribution in [3.8, 4) is 0 Å². The molecule has 3 heterocycles. The predicted molar refractivity (Wildman–Crippen MR) is 86.3 cm³/mol. The minimum Gasteiger partial charge on any atom is -0.545 e. The van der Waals surface area contributed by atoms with Gasteiger partial charge in [-0.2, -0.15) is 4.52 Å². The minimum absolute atomic E-state index is 0.356.